The lowest BCUT2D eigenvalue weighted by Crippen LogP contribution is -2.45. The fourth-order valence-corrected chi connectivity index (χ4v) is 3.37. The third-order valence-corrected chi connectivity index (χ3v) is 4.94. The molecule has 25 heavy (non-hydrogen) atoms. The maximum Gasteiger partial charge on any atom is 0.247 e. The van der Waals surface area contributed by atoms with Gasteiger partial charge in [0.05, 0.1) is 6.20 Å². The first-order chi connectivity index (χ1) is 12.3. The molecular formula is C18H25N7. The van der Waals surface area contributed by atoms with Gasteiger partial charge >= 0.3 is 0 Å². The minimum atomic E-state index is 0.701. The van der Waals surface area contributed by atoms with E-state index in [4.69, 9.17) is 0 Å². The number of nitrogens with one attached hydrogen (secondary N) is 1. The van der Waals surface area contributed by atoms with E-state index in [1.807, 2.05) is 0 Å². The fraction of sp³-hybridized carbons (Fsp3) is 0.500. The molecule has 0 bridgehead atoms. The summed E-state index contributed by atoms with van der Waals surface area (Å²) in [4.78, 5) is 11.6. The molecule has 2 saturated heterocycles. The van der Waals surface area contributed by atoms with Gasteiger partial charge in [0.25, 0.3) is 0 Å². The molecule has 7 heteroatoms. The molecule has 0 atom stereocenters. The van der Waals surface area contributed by atoms with E-state index >= 15 is 0 Å². The first-order valence-corrected chi connectivity index (χ1v) is 9.03. The zero-order chi connectivity index (χ0) is 17.1. The maximum atomic E-state index is 4.63. The summed E-state index contributed by atoms with van der Waals surface area (Å²) >= 11 is 0. The third-order valence-electron chi connectivity index (χ3n) is 4.94. The summed E-state index contributed by atoms with van der Waals surface area (Å²) in [6.45, 7) is 6.25. The predicted octanol–water partition coefficient (Wildman–Crippen LogP) is 1.97. The van der Waals surface area contributed by atoms with E-state index in [0.29, 0.717) is 5.95 Å². The number of hydrogen-bond donors (Lipinski definition) is 1. The fourth-order valence-electron chi connectivity index (χ4n) is 3.37. The first-order valence-electron chi connectivity index (χ1n) is 9.03. The Balaban J connectivity index is 1.43. The number of benzene rings is 1. The summed E-state index contributed by atoms with van der Waals surface area (Å²) in [5.74, 6) is 1.43. The molecule has 1 N–H and O–H groups in total. The van der Waals surface area contributed by atoms with Gasteiger partial charge in [-0.15, -0.1) is 5.10 Å². The molecule has 0 amide bonds. The second-order valence-corrected chi connectivity index (χ2v) is 6.80. The Kier molecular flexibility index (Phi) is 4.65. The van der Waals surface area contributed by atoms with Gasteiger partial charge < -0.3 is 20.0 Å². The lowest BCUT2D eigenvalue weighted by molar-refractivity contribution is 0.311. The Labute approximate surface area is 148 Å². The monoisotopic (exact) mass is 339 g/mol. The number of nitrogens with zero attached hydrogens (tertiary/aromatic N) is 6. The molecule has 2 fully saturated rings. The number of hydrogen-bond acceptors (Lipinski definition) is 7. The molecule has 0 aliphatic carbocycles. The Bertz CT molecular complexity index is 689. The molecule has 0 unspecified atom stereocenters. The average molecular weight is 339 g/mol. The lowest BCUT2D eigenvalue weighted by atomic mass is 10.2. The number of aromatic nitrogens is 3. The van der Waals surface area contributed by atoms with E-state index in [1.54, 1.807) is 6.20 Å². The molecule has 2 aliphatic rings. The maximum absolute atomic E-state index is 4.63. The van der Waals surface area contributed by atoms with Crippen LogP contribution >= 0.6 is 0 Å². The number of rotatable bonds is 4. The van der Waals surface area contributed by atoms with Crippen molar-refractivity contribution in [2.45, 2.75) is 12.8 Å². The van der Waals surface area contributed by atoms with Gasteiger partial charge in [-0.25, -0.2) is 0 Å². The first kappa shape index (κ1) is 16.1. The standard InChI is InChI=1S/C18H25N7/c1-23-10-12-25(13-11-23)18-21-17(14-19-22-18)20-15-4-6-16(7-5-15)24-8-2-3-9-24/h4-7,14H,2-3,8-13H2,1H3,(H,20,21,22). The zero-order valence-corrected chi connectivity index (χ0v) is 14.7. The van der Waals surface area contributed by atoms with Crippen LogP contribution in [0.2, 0.25) is 0 Å². The molecule has 2 aromatic rings. The highest BCUT2D eigenvalue weighted by molar-refractivity contribution is 5.61. The van der Waals surface area contributed by atoms with Gasteiger partial charge in [-0.3, -0.25) is 0 Å². The van der Waals surface area contributed by atoms with Crippen molar-refractivity contribution in [3.05, 3.63) is 30.5 Å². The van der Waals surface area contributed by atoms with Gasteiger partial charge in [0.1, 0.15) is 0 Å². The van der Waals surface area contributed by atoms with Crippen LogP contribution in [0.5, 0.6) is 0 Å². The minimum Gasteiger partial charge on any atom is -0.372 e. The Morgan fingerprint density at radius 2 is 1.60 bits per heavy atom. The second-order valence-electron chi connectivity index (χ2n) is 6.80. The van der Waals surface area contributed by atoms with Crippen LogP contribution in [0.15, 0.2) is 30.5 Å². The van der Waals surface area contributed by atoms with E-state index in [1.165, 1.54) is 18.5 Å². The number of piperazine rings is 1. The average Bonchev–Trinajstić information content (AvgIpc) is 3.18. The molecule has 0 spiro atoms. The summed E-state index contributed by atoms with van der Waals surface area (Å²) in [5, 5.41) is 11.7. The van der Waals surface area contributed by atoms with Crippen molar-refractivity contribution in [2.24, 2.45) is 0 Å². The summed E-state index contributed by atoms with van der Waals surface area (Å²) in [6.07, 6.45) is 4.26. The summed E-state index contributed by atoms with van der Waals surface area (Å²) in [6, 6.07) is 8.55. The number of anilines is 4. The van der Waals surface area contributed by atoms with E-state index in [9.17, 15) is 0 Å². The largest absolute Gasteiger partial charge is 0.372 e. The highest BCUT2D eigenvalue weighted by Crippen LogP contribution is 2.23. The summed E-state index contributed by atoms with van der Waals surface area (Å²) < 4.78 is 0. The molecular weight excluding hydrogens is 314 g/mol. The molecule has 1 aromatic heterocycles. The van der Waals surface area contributed by atoms with Crippen molar-refractivity contribution in [3.63, 3.8) is 0 Å². The highest BCUT2D eigenvalue weighted by Gasteiger charge is 2.17. The van der Waals surface area contributed by atoms with Crippen LogP contribution < -0.4 is 15.1 Å². The molecule has 7 nitrogen and oxygen atoms in total. The molecule has 132 valence electrons. The Morgan fingerprint density at radius 3 is 2.32 bits per heavy atom. The van der Waals surface area contributed by atoms with Crippen LogP contribution in [0.3, 0.4) is 0 Å². The van der Waals surface area contributed by atoms with Crippen molar-refractivity contribution in [1.29, 1.82) is 0 Å². The van der Waals surface area contributed by atoms with Gasteiger partial charge in [0, 0.05) is 50.6 Å². The van der Waals surface area contributed by atoms with Crippen molar-refractivity contribution < 1.29 is 0 Å². The predicted molar refractivity (Wildman–Crippen MR) is 101 cm³/mol. The van der Waals surface area contributed by atoms with Crippen molar-refractivity contribution in [1.82, 2.24) is 20.1 Å². The lowest BCUT2D eigenvalue weighted by Gasteiger charge is -2.32. The highest BCUT2D eigenvalue weighted by atomic mass is 15.4. The van der Waals surface area contributed by atoms with E-state index in [0.717, 1.165) is 50.8 Å². The second kappa shape index (κ2) is 7.23. The van der Waals surface area contributed by atoms with Crippen LogP contribution in [-0.4, -0.2) is 66.4 Å². The molecule has 3 heterocycles. The van der Waals surface area contributed by atoms with Gasteiger partial charge in [0.15, 0.2) is 5.82 Å². The minimum absolute atomic E-state index is 0.701. The molecule has 0 saturated carbocycles. The van der Waals surface area contributed by atoms with E-state index in [2.05, 4.69) is 66.5 Å². The molecule has 2 aliphatic heterocycles. The smallest absolute Gasteiger partial charge is 0.247 e. The van der Waals surface area contributed by atoms with Gasteiger partial charge in [0.2, 0.25) is 5.95 Å². The van der Waals surface area contributed by atoms with E-state index < -0.39 is 0 Å². The van der Waals surface area contributed by atoms with Gasteiger partial charge in [-0.05, 0) is 44.2 Å². The van der Waals surface area contributed by atoms with Gasteiger partial charge in [-0.1, -0.05) is 0 Å². The quantitative estimate of drug-likeness (QED) is 0.914. The van der Waals surface area contributed by atoms with Crippen LogP contribution in [0.4, 0.5) is 23.1 Å². The molecule has 1 aromatic carbocycles. The van der Waals surface area contributed by atoms with Crippen molar-refractivity contribution >= 4 is 23.1 Å². The Hall–Kier alpha value is -2.41. The Morgan fingerprint density at radius 1 is 0.880 bits per heavy atom. The zero-order valence-electron chi connectivity index (χ0n) is 14.7. The van der Waals surface area contributed by atoms with Crippen LogP contribution in [0.25, 0.3) is 0 Å². The van der Waals surface area contributed by atoms with Crippen LogP contribution in [0, 0.1) is 0 Å². The van der Waals surface area contributed by atoms with Crippen LogP contribution in [0.1, 0.15) is 12.8 Å². The van der Waals surface area contributed by atoms with Gasteiger partial charge in [-0.2, -0.15) is 10.1 Å². The van der Waals surface area contributed by atoms with Crippen molar-refractivity contribution in [2.75, 3.05) is 61.4 Å². The summed E-state index contributed by atoms with van der Waals surface area (Å²) in [7, 11) is 2.14. The summed E-state index contributed by atoms with van der Waals surface area (Å²) in [5.41, 5.74) is 2.31. The topological polar surface area (TPSA) is 60.4 Å². The van der Waals surface area contributed by atoms with Crippen LogP contribution in [-0.2, 0) is 0 Å². The van der Waals surface area contributed by atoms with Crippen molar-refractivity contribution in [3.8, 4) is 0 Å². The number of likely N-dealkylation sites (N-methyl/N-ethyl adjacent to an activating group) is 1. The SMILES string of the molecule is CN1CCN(c2nncc(Nc3ccc(N4CCCC4)cc3)n2)CC1. The molecule has 0 radical (unpaired) electrons. The van der Waals surface area contributed by atoms with E-state index in [-0.39, 0.29) is 0 Å². The third kappa shape index (κ3) is 3.82. The normalized spacial score (nSPS) is 18.6. The molecule has 4 rings (SSSR count).